The number of thioether (sulfide) groups is 1. The van der Waals surface area contributed by atoms with Gasteiger partial charge in [0.2, 0.25) is 0 Å². The zero-order valence-electron chi connectivity index (χ0n) is 15.2. The number of benzene rings is 2. The summed E-state index contributed by atoms with van der Waals surface area (Å²) in [4.78, 5) is 26.9. The first-order valence-electron chi connectivity index (χ1n) is 8.81. The zero-order valence-corrected chi connectivity index (χ0v) is 17.6. The highest BCUT2D eigenvalue weighted by atomic mass is 35.5. The predicted octanol–water partition coefficient (Wildman–Crippen LogP) is 5.56. The van der Waals surface area contributed by atoms with E-state index in [1.807, 2.05) is 0 Å². The highest BCUT2D eigenvalue weighted by Crippen LogP contribution is 2.33. The van der Waals surface area contributed by atoms with E-state index in [-0.39, 0.29) is 5.91 Å². The number of unbranched alkanes of at least 4 members (excludes halogenated alkanes) is 1. The number of nitrogens with zero attached hydrogens (tertiary/aromatic N) is 1. The van der Waals surface area contributed by atoms with E-state index in [9.17, 15) is 9.59 Å². The maximum Gasteiger partial charge on any atom is 0.343 e. The molecule has 3 rings (SSSR count). The molecular formula is C21H18ClNO3S2. The van der Waals surface area contributed by atoms with Crippen LogP contribution in [0.15, 0.2) is 53.4 Å². The fraction of sp³-hybridized carbons (Fsp3) is 0.190. The highest BCUT2D eigenvalue weighted by molar-refractivity contribution is 8.26. The van der Waals surface area contributed by atoms with Crippen molar-refractivity contribution in [3.63, 3.8) is 0 Å². The maximum absolute atomic E-state index is 12.5. The molecule has 2 aromatic carbocycles. The highest BCUT2D eigenvalue weighted by Gasteiger charge is 2.31. The molecule has 0 aromatic heterocycles. The van der Waals surface area contributed by atoms with E-state index in [0.29, 0.717) is 32.1 Å². The lowest BCUT2D eigenvalue weighted by atomic mass is 10.2. The van der Waals surface area contributed by atoms with E-state index in [1.54, 1.807) is 59.5 Å². The first kappa shape index (κ1) is 20.6. The molecular weight excluding hydrogens is 414 g/mol. The van der Waals surface area contributed by atoms with Crippen LogP contribution in [0.1, 0.15) is 35.7 Å². The van der Waals surface area contributed by atoms with Gasteiger partial charge in [-0.05, 0) is 54.5 Å². The van der Waals surface area contributed by atoms with Crippen LogP contribution in [0.25, 0.3) is 6.08 Å². The molecule has 0 radical (unpaired) electrons. The first-order valence-corrected chi connectivity index (χ1v) is 10.4. The molecule has 1 aliphatic rings. The van der Waals surface area contributed by atoms with Crippen molar-refractivity contribution >= 4 is 57.9 Å². The zero-order chi connectivity index (χ0) is 20.1. The number of carbonyl (C=O) groups is 2. The number of hydrogen-bond donors (Lipinski definition) is 0. The van der Waals surface area contributed by atoms with Gasteiger partial charge in [0.05, 0.1) is 10.5 Å². The van der Waals surface area contributed by atoms with Crippen LogP contribution in [0.5, 0.6) is 5.75 Å². The van der Waals surface area contributed by atoms with Gasteiger partial charge in [0.15, 0.2) is 0 Å². The molecule has 4 nitrogen and oxygen atoms in total. The van der Waals surface area contributed by atoms with Crippen LogP contribution < -0.4 is 4.74 Å². The first-order chi connectivity index (χ1) is 13.5. The van der Waals surface area contributed by atoms with Crippen molar-refractivity contribution in [3.05, 3.63) is 69.6 Å². The molecule has 1 saturated heterocycles. The topological polar surface area (TPSA) is 46.6 Å². The lowest BCUT2D eigenvalue weighted by Gasteiger charge is -2.13. The minimum atomic E-state index is -0.457. The monoisotopic (exact) mass is 431 g/mol. The molecule has 28 heavy (non-hydrogen) atoms. The largest absolute Gasteiger partial charge is 0.423 e. The molecule has 0 atom stereocenters. The third-order valence-electron chi connectivity index (χ3n) is 4.08. The number of amides is 1. The van der Waals surface area contributed by atoms with E-state index in [2.05, 4.69) is 6.92 Å². The van der Waals surface area contributed by atoms with Crippen LogP contribution in [0.3, 0.4) is 0 Å². The fourth-order valence-electron chi connectivity index (χ4n) is 2.54. The second kappa shape index (κ2) is 9.37. The van der Waals surface area contributed by atoms with Gasteiger partial charge in [-0.1, -0.05) is 61.1 Å². The van der Waals surface area contributed by atoms with Gasteiger partial charge in [-0.15, -0.1) is 0 Å². The van der Waals surface area contributed by atoms with Crippen LogP contribution in [0, 0.1) is 0 Å². The van der Waals surface area contributed by atoms with Crippen molar-refractivity contribution in [3.8, 4) is 5.75 Å². The Kier molecular flexibility index (Phi) is 6.88. The van der Waals surface area contributed by atoms with E-state index < -0.39 is 5.97 Å². The summed E-state index contributed by atoms with van der Waals surface area (Å²) in [6.07, 6.45) is 3.73. The molecule has 1 amide bonds. The Balaban J connectivity index is 1.66. The molecule has 7 heteroatoms. The second-order valence-electron chi connectivity index (χ2n) is 6.15. The van der Waals surface area contributed by atoms with Gasteiger partial charge in [0.1, 0.15) is 10.1 Å². The Morgan fingerprint density at radius 2 is 1.86 bits per heavy atom. The Bertz CT molecular complexity index is 924. The van der Waals surface area contributed by atoms with Crippen molar-refractivity contribution < 1.29 is 14.3 Å². The average Bonchev–Trinajstić information content (AvgIpc) is 2.95. The molecule has 144 valence electrons. The molecule has 1 fully saturated rings. The van der Waals surface area contributed by atoms with Gasteiger partial charge in [-0.2, -0.15) is 0 Å². The quantitative estimate of drug-likeness (QED) is 0.259. The predicted molar refractivity (Wildman–Crippen MR) is 118 cm³/mol. The SMILES string of the molecule is CCCCN1C(=O)C(=Cc2ccc(OC(=O)c3ccc(Cl)cc3)cc2)SC1=S. The number of halogens is 1. The van der Waals surface area contributed by atoms with Crippen molar-refractivity contribution in [1.29, 1.82) is 0 Å². The summed E-state index contributed by atoms with van der Waals surface area (Å²) >= 11 is 12.4. The van der Waals surface area contributed by atoms with Crippen molar-refractivity contribution in [2.24, 2.45) is 0 Å². The van der Waals surface area contributed by atoms with E-state index in [4.69, 9.17) is 28.6 Å². The summed E-state index contributed by atoms with van der Waals surface area (Å²) in [5.74, 6) is -0.0875. The average molecular weight is 432 g/mol. The Morgan fingerprint density at radius 1 is 1.18 bits per heavy atom. The molecule has 0 saturated carbocycles. The molecule has 0 unspecified atom stereocenters. The number of ether oxygens (including phenoxy) is 1. The Hall–Kier alpha value is -2.15. The van der Waals surface area contributed by atoms with Crippen LogP contribution >= 0.6 is 35.6 Å². The van der Waals surface area contributed by atoms with E-state index in [1.165, 1.54) is 11.8 Å². The Morgan fingerprint density at radius 3 is 2.50 bits per heavy atom. The summed E-state index contributed by atoms with van der Waals surface area (Å²) in [6.45, 7) is 2.73. The van der Waals surface area contributed by atoms with E-state index in [0.717, 1.165) is 18.4 Å². The van der Waals surface area contributed by atoms with Gasteiger partial charge in [0, 0.05) is 11.6 Å². The second-order valence-corrected chi connectivity index (χ2v) is 8.26. The lowest BCUT2D eigenvalue weighted by molar-refractivity contribution is -0.122. The van der Waals surface area contributed by atoms with E-state index >= 15 is 0 Å². The molecule has 2 aromatic rings. The van der Waals surface area contributed by atoms with Crippen LogP contribution in [-0.2, 0) is 4.79 Å². The normalized spacial score (nSPS) is 15.4. The maximum atomic E-state index is 12.5. The fourth-order valence-corrected chi connectivity index (χ4v) is 3.98. The Labute approximate surface area is 178 Å². The minimum Gasteiger partial charge on any atom is -0.423 e. The van der Waals surface area contributed by atoms with Gasteiger partial charge in [0.25, 0.3) is 5.91 Å². The number of rotatable bonds is 6. The number of esters is 1. The van der Waals surface area contributed by atoms with Crippen LogP contribution in [-0.4, -0.2) is 27.6 Å². The number of thiocarbonyl (C=S) groups is 1. The molecule has 0 N–H and O–H groups in total. The van der Waals surface area contributed by atoms with Gasteiger partial charge in [-0.25, -0.2) is 4.79 Å². The lowest BCUT2D eigenvalue weighted by Crippen LogP contribution is -2.28. The summed E-state index contributed by atoms with van der Waals surface area (Å²) in [7, 11) is 0. The summed E-state index contributed by atoms with van der Waals surface area (Å²) in [6, 6.07) is 13.5. The van der Waals surface area contributed by atoms with Crippen molar-refractivity contribution in [2.75, 3.05) is 6.54 Å². The van der Waals surface area contributed by atoms with Gasteiger partial charge < -0.3 is 4.74 Å². The molecule has 1 heterocycles. The third kappa shape index (κ3) is 5.01. The van der Waals surface area contributed by atoms with Crippen LogP contribution in [0.4, 0.5) is 0 Å². The summed E-state index contributed by atoms with van der Waals surface area (Å²) in [5.41, 5.74) is 1.26. The van der Waals surface area contributed by atoms with Crippen molar-refractivity contribution in [2.45, 2.75) is 19.8 Å². The smallest absolute Gasteiger partial charge is 0.343 e. The molecule has 0 aliphatic carbocycles. The summed E-state index contributed by atoms with van der Waals surface area (Å²) in [5, 5.41) is 0.556. The molecule has 0 bridgehead atoms. The van der Waals surface area contributed by atoms with Crippen LogP contribution in [0.2, 0.25) is 5.02 Å². The standard InChI is InChI=1S/C21H18ClNO3S2/c1-2-3-12-23-19(24)18(28-21(23)27)13-14-4-10-17(11-5-14)26-20(25)15-6-8-16(22)9-7-15/h4-11,13H,2-3,12H2,1H3. The summed E-state index contributed by atoms with van der Waals surface area (Å²) < 4.78 is 5.96. The third-order valence-corrected chi connectivity index (χ3v) is 5.71. The van der Waals surface area contributed by atoms with Crippen molar-refractivity contribution in [1.82, 2.24) is 4.90 Å². The van der Waals surface area contributed by atoms with Gasteiger partial charge >= 0.3 is 5.97 Å². The molecule has 0 spiro atoms. The number of carbonyl (C=O) groups excluding carboxylic acids is 2. The minimum absolute atomic E-state index is 0.0540. The number of hydrogen-bond acceptors (Lipinski definition) is 5. The molecule has 1 aliphatic heterocycles. The van der Waals surface area contributed by atoms with Gasteiger partial charge in [-0.3, -0.25) is 9.69 Å².